The molecule has 0 atom stereocenters. The summed E-state index contributed by atoms with van der Waals surface area (Å²) in [5, 5.41) is 9.78. The molecule has 1 fully saturated rings. The van der Waals surface area contributed by atoms with Crippen LogP contribution in [0, 0.1) is 5.92 Å². The van der Waals surface area contributed by atoms with Crippen molar-refractivity contribution in [1.29, 1.82) is 0 Å². The molecule has 1 aliphatic rings. The molecule has 1 N–H and O–H groups in total. The van der Waals surface area contributed by atoms with E-state index in [2.05, 4.69) is 13.8 Å². The van der Waals surface area contributed by atoms with Gasteiger partial charge in [0.2, 0.25) is 0 Å². The Labute approximate surface area is 131 Å². The van der Waals surface area contributed by atoms with Crippen molar-refractivity contribution in [3.8, 4) is 0 Å². The summed E-state index contributed by atoms with van der Waals surface area (Å²) in [5.41, 5.74) is 1.13. The number of hydrogen-bond donors (Lipinski definition) is 1. The summed E-state index contributed by atoms with van der Waals surface area (Å²) >= 11 is 0. The second-order valence-electron chi connectivity index (χ2n) is 6.41. The summed E-state index contributed by atoms with van der Waals surface area (Å²) < 4.78 is 4.96. The van der Waals surface area contributed by atoms with Crippen LogP contribution < -0.4 is 0 Å². The molecule has 120 valence electrons. The molecule has 0 saturated heterocycles. The highest BCUT2D eigenvalue weighted by atomic mass is 16.5. The standard InChI is InChI=1S/C18H24O4/c1-4-22-16(19)9-13-10-18(11-13,17(20)21)15-8-6-5-7-14(15)12(2)3/h5-8,12-13H,4,9-11H2,1-3H3,(H,20,21). The third kappa shape index (κ3) is 3.01. The molecule has 0 spiro atoms. The number of carbonyl (C=O) groups excluding carboxylic acids is 1. The fourth-order valence-corrected chi connectivity index (χ4v) is 3.47. The highest BCUT2D eigenvalue weighted by Crippen LogP contribution is 2.51. The largest absolute Gasteiger partial charge is 0.481 e. The van der Waals surface area contributed by atoms with E-state index < -0.39 is 11.4 Å². The molecule has 22 heavy (non-hydrogen) atoms. The molecule has 4 heteroatoms. The summed E-state index contributed by atoms with van der Waals surface area (Å²) in [5.74, 6) is -0.656. The zero-order valence-electron chi connectivity index (χ0n) is 13.5. The van der Waals surface area contributed by atoms with Gasteiger partial charge in [-0.2, -0.15) is 0 Å². The molecule has 0 bridgehead atoms. The first kappa shape index (κ1) is 16.5. The van der Waals surface area contributed by atoms with E-state index in [1.54, 1.807) is 6.92 Å². The first-order valence-electron chi connectivity index (χ1n) is 7.89. The van der Waals surface area contributed by atoms with Crippen LogP contribution in [0.2, 0.25) is 0 Å². The lowest BCUT2D eigenvalue weighted by molar-refractivity contribution is -0.154. The number of aliphatic carboxylic acids is 1. The fraction of sp³-hybridized carbons (Fsp3) is 0.556. The van der Waals surface area contributed by atoms with Crippen molar-refractivity contribution in [3.63, 3.8) is 0 Å². The van der Waals surface area contributed by atoms with Gasteiger partial charge in [0, 0.05) is 6.42 Å². The third-order valence-electron chi connectivity index (χ3n) is 4.54. The maximum atomic E-state index is 11.9. The van der Waals surface area contributed by atoms with Crippen molar-refractivity contribution in [3.05, 3.63) is 35.4 Å². The normalized spacial score (nSPS) is 23.9. The molecular weight excluding hydrogens is 280 g/mol. The number of carboxylic acid groups (broad SMARTS) is 1. The summed E-state index contributed by atoms with van der Waals surface area (Å²) in [7, 11) is 0. The molecule has 4 nitrogen and oxygen atoms in total. The van der Waals surface area contributed by atoms with Gasteiger partial charge in [0.25, 0.3) is 0 Å². The molecule has 0 unspecified atom stereocenters. The molecule has 0 aliphatic heterocycles. The van der Waals surface area contributed by atoms with Gasteiger partial charge in [-0.1, -0.05) is 38.1 Å². The zero-order valence-corrected chi connectivity index (χ0v) is 13.5. The summed E-state index contributed by atoms with van der Waals surface area (Å²) in [4.78, 5) is 23.5. The lowest BCUT2D eigenvalue weighted by atomic mass is 9.56. The minimum Gasteiger partial charge on any atom is -0.481 e. The van der Waals surface area contributed by atoms with Crippen LogP contribution in [0.15, 0.2) is 24.3 Å². The Balaban J connectivity index is 2.20. The minimum atomic E-state index is -0.849. The first-order valence-corrected chi connectivity index (χ1v) is 7.89. The number of carboxylic acids is 1. The average molecular weight is 304 g/mol. The van der Waals surface area contributed by atoms with E-state index in [4.69, 9.17) is 4.74 Å². The number of hydrogen-bond acceptors (Lipinski definition) is 3. The minimum absolute atomic E-state index is 0.0929. The van der Waals surface area contributed by atoms with Crippen LogP contribution in [0.4, 0.5) is 0 Å². The Bertz CT molecular complexity index is 556. The number of carbonyl (C=O) groups is 2. The molecule has 1 aliphatic carbocycles. The molecule has 1 aromatic rings. The Morgan fingerprint density at radius 1 is 1.32 bits per heavy atom. The third-order valence-corrected chi connectivity index (χ3v) is 4.54. The Morgan fingerprint density at radius 3 is 2.50 bits per heavy atom. The molecule has 2 rings (SSSR count). The van der Waals surface area contributed by atoms with Crippen molar-refractivity contribution in [2.24, 2.45) is 5.92 Å². The molecule has 0 aromatic heterocycles. The highest BCUT2D eigenvalue weighted by Gasteiger charge is 2.53. The summed E-state index contributed by atoms with van der Waals surface area (Å²) in [6.07, 6.45) is 1.32. The molecule has 0 radical (unpaired) electrons. The summed E-state index contributed by atoms with van der Waals surface area (Å²) in [6, 6.07) is 7.77. The number of rotatable bonds is 6. The van der Waals surface area contributed by atoms with Gasteiger partial charge in [-0.3, -0.25) is 9.59 Å². The number of ether oxygens (including phenoxy) is 1. The van der Waals surface area contributed by atoms with E-state index in [-0.39, 0.29) is 17.8 Å². The van der Waals surface area contributed by atoms with E-state index in [0.717, 1.165) is 11.1 Å². The predicted molar refractivity (Wildman–Crippen MR) is 83.8 cm³/mol. The fourth-order valence-electron chi connectivity index (χ4n) is 3.47. The van der Waals surface area contributed by atoms with E-state index >= 15 is 0 Å². The van der Waals surface area contributed by atoms with Crippen molar-refractivity contribution >= 4 is 11.9 Å². The van der Waals surface area contributed by atoms with Gasteiger partial charge >= 0.3 is 11.9 Å². The SMILES string of the molecule is CCOC(=O)CC1CC(C(=O)O)(c2ccccc2C(C)C)C1. The van der Waals surface area contributed by atoms with Crippen LogP contribution in [-0.4, -0.2) is 23.7 Å². The van der Waals surface area contributed by atoms with Gasteiger partial charge in [-0.05, 0) is 42.7 Å². The smallest absolute Gasteiger partial charge is 0.314 e. The quantitative estimate of drug-likeness (QED) is 0.817. The molecule has 0 amide bonds. The van der Waals surface area contributed by atoms with Gasteiger partial charge < -0.3 is 9.84 Å². The van der Waals surface area contributed by atoms with E-state index in [1.165, 1.54) is 0 Å². The molecular formula is C18H24O4. The second-order valence-corrected chi connectivity index (χ2v) is 6.41. The maximum absolute atomic E-state index is 11.9. The van der Waals surface area contributed by atoms with Crippen LogP contribution in [0.25, 0.3) is 0 Å². The Morgan fingerprint density at radius 2 is 1.95 bits per heavy atom. The van der Waals surface area contributed by atoms with Gasteiger partial charge in [0.15, 0.2) is 0 Å². The monoisotopic (exact) mass is 304 g/mol. The van der Waals surface area contributed by atoms with Gasteiger partial charge in [-0.15, -0.1) is 0 Å². The lowest BCUT2D eigenvalue weighted by Gasteiger charge is -2.45. The Kier molecular flexibility index (Phi) is 4.89. The topological polar surface area (TPSA) is 63.6 Å². The average Bonchev–Trinajstić information content (AvgIpc) is 2.42. The zero-order chi connectivity index (χ0) is 16.3. The van der Waals surface area contributed by atoms with Gasteiger partial charge in [0.1, 0.15) is 0 Å². The summed E-state index contributed by atoms with van der Waals surface area (Å²) in [6.45, 7) is 6.29. The van der Waals surface area contributed by atoms with Crippen LogP contribution in [-0.2, 0) is 19.7 Å². The number of esters is 1. The van der Waals surface area contributed by atoms with Crippen molar-refractivity contribution < 1.29 is 19.4 Å². The van der Waals surface area contributed by atoms with Crippen LogP contribution in [0.1, 0.15) is 57.1 Å². The highest BCUT2D eigenvalue weighted by molar-refractivity contribution is 5.84. The van der Waals surface area contributed by atoms with E-state index in [1.807, 2.05) is 24.3 Å². The van der Waals surface area contributed by atoms with Crippen molar-refractivity contribution in [2.45, 2.75) is 51.4 Å². The lowest BCUT2D eigenvalue weighted by Crippen LogP contribution is -2.49. The van der Waals surface area contributed by atoms with Gasteiger partial charge in [0.05, 0.1) is 12.0 Å². The van der Waals surface area contributed by atoms with Crippen LogP contribution >= 0.6 is 0 Å². The van der Waals surface area contributed by atoms with Crippen LogP contribution in [0.5, 0.6) is 0 Å². The van der Waals surface area contributed by atoms with Gasteiger partial charge in [-0.25, -0.2) is 0 Å². The first-order chi connectivity index (χ1) is 10.4. The molecule has 0 heterocycles. The molecule has 1 saturated carbocycles. The van der Waals surface area contributed by atoms with Crippen molar-refractivity contribution in [1.82, 2.24) is 0 Å². The Hall–Kier alpha value is -1.84. The van der Waals surface area contributed by atoms with Crippen LogP contribution in [0.3, 0.4) is 0 Å². The van der Waals surface area contributed by atoms with E-state index in [0.29, 0.717) is 25.9 Å². The molecule has 1 aromatic carbocycles. The van der Waals surface area contributed by atoms with Crippen molar-refractivity contribution in [2.75, 3.05) is 6.61 Å². The number of benzene rings is 1. The predicted octanol–water partition coefficient (Wildman–Crippen LogP) is 3.50. The maximum Gasteiger partial charge on any atom is 0.314 e. The second kappa shape index (κ2) is 6.51. The van der Waals surface area contributed by atoms with E-state index in [9.17, 15) is 14.7 Å².